The molecule has 2 aromatic rings. The van der Waals surface area contributed by atoms with E-state index >= 15 is 0 Å². The number of anilines is 2. The van der Waals surface area contributed by atoms with Crippen molar-refractivity contribution in [2.75, 3.05) is 30.3 Å². The van der Waals surface area contributed by atoms with Crippen molar-refractivity contribution < 1.29 is 17.6 Å². The van der Waals surface area contributed by atoms with E-state index in [-0.39, 0.29) is 17.3 Å². The van der Waals surface area contributed by atoms with Crippen LogP contribution in [0.2, 0.25) is 0 Å². The fraction of sp³-hybridized carbons (Fsp3) is 0.316. The fourth-order valence-electron chi connectivity index (χ4n) is 2.64. The van der Waals surface area contributed by atoms with E-state index in [1.165, 1.54) is 28.6 Å². The minimum absolute atomic E-state index is 0.0790. The van der Waals surface area contributed by atoms with Crippen LogP contribution in [-0.2, 0) is 14.8 Å². The Balaban J connectivity index is 2.11. The molecule has 0 aliphatic rings. The van der Waals surface area contributed by atoms with Crippen molar-refractivity contribution in [3.05, 3.63) is 53.8 Å². The van der Waals surface area contributed by atoms with Gasteiger partial charge in [-0.15, -0.1) is 0 Å². The zero-order chi connectivity index (χ0) is 20.0. The number of hydrogen-bond donors (Lipinski definition) is 2. The van der Waals surface area contributed by atoms with E-state index in [0.29, 0.717) is 30.0 Å². The summed E-state index contributed by atoms with van der Waals surface area (Å²) in [6.07, 6.45) is 0. The number of carbonyl (C=O) groups is 1. The summed E-state index contributed by atoms with van der Waals surface area (Å²) >= 11 is 0. The molecular formula is C19H24FN3O3S. The molecule has 146 valence electrons. The van der Waals surface area contributed by atoms with Gasteiger partial charge in [-0.1, -0.05) is 26.0 Å². The lowest BCUT2D eigenvalue weighted by Gasteiger charge is -2.20. The van der Waals surface area contributed by atoms with Crippen LogP contribution in [0.3, 0.4) is 0 Å². The first-order chi connectivity index (χ1) is 12.8. The van der Waals surface area contributed by atoms with Crippen molar-refractivity contribution in [3.63, 3.8) is 0 Å². The Morgan fingerprint density at radius 2 is 1.78 bits per heavy atom. The smallest absolute Gasteiger partial charge is 0.243 e. The molecule has 0 atom stereocenters. The van der Waals surface area contributed by atoms with E-state index in [1.54, 1.807) is 39.0 Å². The lowest BCUT2D eigenvalue weighted by Crippen LogP contribution is -2.31. The predicted molar refractivity (Wildman–Crippen MR) is 105 cm³/mol. The van der Waals surface area contributed by atoms with Crippen LogP contribution in [0.4, 0.5) is 15.8 Å². The van der Waals surface area contributed by atoms with E-state index in [0.717, 1.165) is 0 Å². The highest BCUT2D eigenvalue weighted by molar-refractivity contribution is 7.89. The second-order valence-electron chi connectivity index (χ2n) is 5.98. The molecule has 1 amide bonds. The fourth-order valence-corrected chi connectivity index (χ4v) is 4.35. The predicted octanol–water partition coefficient (Wildman–Crippen LogP) is 3.22. The number of nitrogens with one attached hydrogen (secondary N) is 2. The molecule has 0 radical (unpaired) electrons. The van der Waals surface area contributed by atoms with E-state index in [1.807, 2.05) is 0 Å². The third-order valence-electron chi connectivity index (χ3n) is 4.07. The van der Waals surface area contributed by atoms with E-state index < -0.39 is 15.8 Å². The SMILES string of the molecule is CCN(CC)S(=O)(=O)c1cc(NCC(=O)Nc2cccc(F)c2)ccc1C. The van der Waals surface area contributed by atoms with Crippen LogP contribution >= 0.6 is 0 Å². The first-order valence-electron chi connectivity index (χ1n) is 8.68. The summed E-state index contributed by atoms with van der Waals surface area (Å²) in [5, 5.41) is 5.48. The largest absolute Gasteiger partial charge is 0.376 e. The van der Waals surface area contributed by atoms with Gasteiger partial charge in [-0.05, 0) is 42.8 Å². The summed E-state index contributed by atoms with van der Waals surface area (Å²) in [7, 11) is -3.60. The highest BCUT2D eigenvalue weighted by Gasteiger charge is 2.23. The highest BCUT2D eigenvalue weighted by Crippen LogP contribution is 2.23. The van der Waals surface area contributed by atoms with Crippen molar-refractivity contribution in [2.45, 2.75) is 25.7 Å². The molecule has 0 saturated heterocycles. The number of halogens is 1. The van der Waals surface area contributed by atoms with Crippen LogP contribution < -0.4 is 10.6 Å². The number of amides is 1. The molecule has 2 rings (SSSR count). The number of hydrogen-bond acceptors (Lipinski definition) is 4. The summed E-state index contributed by atoms with van der Waals surface area (Å²) in [6.45, 7) is 5.99. The highest BCUT2D eigenvalue weighted by atomic mass is 32.2. The van der Waals surface area contributed by atoms with Gasteiger partial charge in [-0.2, -0.15) is 4.31 Å². The Morgan fingerprint density at radius 3 is 2.41 bits per heavy atom. The first kappa shape index (κ1) is 20.9. The Labute approximate surface area is 159 Å². The molecule has 8 heteroatoms. The second kappa shape index (κ2) is 8.96. The van der Waals surface area contributed by atoms with Gasteiger partial charge in [0.2, 0.25) is 15.9 Å². The van der Waals surface area contributed by atoms with E-state index in [4.69, 9.17) is 0 Å². The Kier molecular flexibility index (Phi) is 6.92. The number of benzene rings is 2. The molecule has 2 aromatic carbocycles. The maximum Gasteiger partial charge on any atom is 0.243 e. The molecule has 2 N–H and O–H groups in total. The maximum atomic E-state index is 13.2. The lowest BCUT2D eigenvalue weighted by atomic mass is 10.2. The standard InChI is InChI=1S/C19H24FN3O3S/c1-4-23(5-2)27(25,26)18-12-16(10-9-14(18)3)21-13-19(24)22-17-8-6-7-15(20)11-17/h6-12,21H,4-5,13H2,1-3H3,(H,22,24). The van der Waals surface area contributed by atoms with Crippen LogP contribution in [-0.4, -0.2) is 38.3 Å². The molecule has 0 saturated carbocycles. The third kappa shape index (κ3) is 5.27. The minimum Gasteiger partial charge on any atom is -0.376 e. The number of rotatable bonds is 8. The van der Waals surface area contributed by atoms with Crippen LogP contribution in [0.5, 0.6) is 0 Å². The summed E-state index contributed by atoms with van der Waals surface area (Å²) < 4.78 is 40.1. The summed E-state index contributed by atoms with van der Waals surface area (Å²) in [4.78, 5) is 12.2. The maximum absolute atomic E-state index is 13.2. The van der Waals surface area contributed by atoms with Gasteiger partial charge in [0.15, 0.2) is 0 Å². The number of nitrogens with zero attached hydrogens (tertiary/aromatic N) is 1. The third-order valence-corrected chi connectivity index (χ3v) is 6.26. The zero-order valence-corrected chi connectivity index (χ0v) is 16.4. The second-order valence-corrected chi connectivity index (χ2v) is 7.89. The molecular weight excluding hydrogens is 369 g/mol. The Bertz CT molecular complexity index is 912. The van der Waals surface area contributed by atoms with Gasteiger partial charge < -0.3 is 10.6 Å². The summed E-state index contributed by atoms with van der Waals surface area (Å²) in [5.41, 5.74) is 1.51. The van der Waals surface area contributed by atoms with Crippen molar-refractivity contribution in [3.8, 4) is 0 Å². The van der Waals surface area contributed by atoms with Crippen LogP contribution in [0.1, 0.15) is 19.4 Å². The molecule has 6 nitrogen and oxygen atoms in total. The zero-order valence-electron chi connectivity index (χ0n) is 15.6. The topological polar surface area (TPSA) is 78.5 Å². The van der Waals surface area contributed by atoms with Crippen LogP contribution in [0.25, 0.3) is 0 Å². The lowest BCUT2D eigenvalue weighted by molar-refractivity contribution is -0.114. The normalized spacial score (nSPS) is 11.4. The Morgan fingerprint density at radius 1 is 1.07 bits per heavy atom. The van der Waals surface area contributed by atoms with Crippen molar-refractivity contribution >= 4 is 27.3 Å². The van der Waals surface area contributed by atoms with Crippen LogP contribution in [0, 0.1) is 12.7 Å². The van der Waals surface area contributed by atoms with E-state index in [2.05, 4.69) is 10.6 Å². The van der Waals surface area contributed by atoms with E-state index in [9.17, 15) is 17.6 Å². The average Bonchev–Trinajstić information content (AvgIpc) is 2.61. The monoisotopic (exact) mass is 393 g/mol. The molecule has 0 aliphatic heterocycles. The van der Waals surface area contributed by atoms with Gasteiger partial charge in [0, 0.05) is 24.5 Å². The molecule has 0 aliphatic carbocycles. The number of carbonyl (C=O) groups excluding carboxylic acids is 1. The van der Waals surface area contributed by atoms with Gasteiger partial charge in [-0.25, -0.2) is 12.8 Å². The first-order valence-corrected chi connectivity index (χ1v) is 10.1. The summed E-state index contributed by atoms with van der Waals surface area (Å²) in [5.74, 6) is -0.806. The van der Waals surface area contributed by atoms with Crippen molar-refractivity contribution in [1.82, 2.24) is 4.31 Å². The van der Waals surface area contributed by atoms with Crippen LogP contribution in [0.15, 0.2) is 47.4 Å². The molecule has 0 unspecified atom stereocenters. The molecule has 0 fully saturated rings. The molecule has 0 heterocycles. The van der Waals surface area contributed by atoms with Gasteiger partial charge in [0.05, 0.1) is 11.4 Å². The number of sulfonamides is 1. The quantitative estimate of drug-likeness (QED) is 0.722. The van der Waals surface area contributed by atoms with Gasteiger partial charge in [0.1, 0.15) is 5.82 Å². The Hall–Kier alpha value is -2.45. The average molecular weight is 393 g/mol. The van der Waals surface area contributed by atoms with Crippen molar-refractivity contribution in [1.29, 1.82) is 0 Å². The molecule has 0 bridgehead atoms. The summed E-state index contributed by atoms with van der Waals surface area (Å²) in [6, 6.07) is 10.5. The number of aryl methyl sites for hydroxylation is 1. The molecule has 0 spiro atoms. The van der Waals surface area contributed by atoms with Gasteiger partial charge in [-0.3, -0.25) is 4.79 Å². The molecule has 27 heavy (non-hydrogen) atoms. The van der Waals surface area contributed by atoms with Crippen molar-refractivity contribution in [2.24, 2.45) is 0 Å². The minimum atomic E-state index is -3.60. The van der Waals surface area contributed by atoms with Gasteiger partial charge in [0.25, 0.3) is 0 Å². The molecule has 0 aromatic heterocycles. The van der Waals surface area contributed by atoms with Gasteiger partial charge >= 0.3 is 0 Å².